The maximum Gasteiger partial charge on any atom is 0.335 e. The average molecular weight is 836 g/mol. The lowest BCUT2D eigenvalue weighted by Crippen LogP contribution is -2.61. The Balaban J connectivity index is 1.14. The van der Waals surface area contributed by atoms with Crippen molar-refractivity contribution in [2.45, 2.75) is 86.4 Å². The SMILES string of the molecule is O=C(O)[C@H]1O[C@@H](Oc2cccc(-c3ccc([C@@H]4[C@@H](CC[C@H](O[C@@H]5O[C@H](C(=O)O)[C@@H](O)[C@H](O)[C@H]5O)c5ccc(F)cc5)C(=O)N4c4ccccc4)c(O)c3)c2)[C@H](O)[C@@H](O)[C@@H]1O. The van der Waals surface area contributed by atoms with Crippen LogP contribution in [-0.4, -0.2) is 125 Å². The molecule has 9 N–H and O–H groups in total. The van der Waals surface area contributed by atoms with Gasteiger partial charge in [0.1, 0.15) is 53.9 Å². The van der Waals surface area contributed by atoms with Crippen molar-refractivity contribution < 1.29 is 83.7 Å². The van der Waals surface area contributed by atoms with Crippen molar-refractivity contribution in [3.8, 4) is 22.6 Å². The van der Waals surface area contributed by atoms with Crippen molar-refractivity contribution in [1.29, 1.82) is 0 Å². The number of ether oxygens (including phenoxy) is 4. The number of hydrogen-bond donors (Lipinski definition) is 9. The summed E-state index contributed by atoms with van der Waals surface area (Å²) in [5.41, 5.74) is 2.29. The third kappa shape index (κ3) is 8.42. The van der Waals surface area contributed by atoms with Gasteiger partial charge in [0.15, 0.2) is 18.5 Å². The summed E-state index contributed by atoms with van der Waals surface area (Å²) in [6.45, 7) is 0. The van der Waals surface area contributed by atoms with Gasteiger partial charge >= 0.3 is 11.9 Å². The summed E-state index contributed by atoms with van der Waals surface area (Å²) >= 11 is 0. The van der Waals surface area contributed by atoms with Gasteiger partial charge in [-0.15, -0.1) is 0 Å². The van der Waals surface area contributed by atoms with Crippen molar-refractivity contribution >= 4 is 23.5 Å². The van der Waals surface area contributed by atoms with Gasteiger partial charge in [-0.1, -0.05) is 54.6 Å². The Bertz CT molecular complexity index is 2180. The van der Waals surface area contributed by atoms with Crippen LogP contribution in [0.1, 0.15) is 36.1 Å². The van der Waals surface area contributed by atoms with Crippen LogP contribution in [0, 0.1) is 11.7 Å². The van der Waals surface area contributed by atoms with Crippen LogP contribution in [0.25, 0.3) is 11.1 Å². The van der Waals surface area contributed by atoms with Crippen LogP contribution < -0.4 is 9.64 Å². The van der Waals surface area contributed by atoms with Gasteiger partial charge in [0.2, 0.25) is 12.2 Å². The Hall–Kier alpha value is -5.54. The van der Waals surface area contributed by atoms with E-state index in [1.54, 1.807) is 54.6 Å². The van der Waals surface area contributed by atoms with Crippen LogP contribution >= 0.6 is 0 Å². The molecule has 18 heteroatoms. The van der Waals surface area contributed by atoms with E-state index in [9.17, 15) is 64.7 Å². The van der Waals surface area contributed by atoms with E-state index in [2.05, 4.69) is 0 Å². The number of carbonyl (C=O) groups is 3. The number of nitrogens with zero attached hydrogens (tertiary/aromatic N) is 1. The molecule has 0 saturated carbocycles. The fraction of sp³-hybridized carbons (Fsp3) is 0.357. The normalized spacial score (nSPS) is 30.9. The Kier molecular flexibility index (Phi) is 12.5. The predicted octanol–water partition coefficient (Wildman–Crippen LogP) is 1.60. The first kappa shape index (κ1) is 42.6. The van der Waals surface area contributed by atoms with E-state index in [4.69, 9.17) is 18.9 Å². The fourth-order valence-electron chi connectivity index (χ4n) is 7.72. The van der Waals surface area contributed by atoms with Crippen LogP contribution in [0.5, 0.6) is 11.5 Å². The number of β-lactam (4-membered cyclic amide) rings is 1. The number of carbonyl (C=O) groups excluding carboxylic acids is 1. The zero-order valence-corrected chi connectivity index (χ0v) is 31.4. The van der Waals surface area contributed by atoms with E-state index < -0.39 is 97.2 Å². The summed E-state index contributed by atoms with van der Waals surface area (Å²) in [6, 6.07) is 24.2. The van der Waals surface area contributed by atoms with Gasteiger partial charge in [0, 0.05) is 11.3 Å². The molecule has 4 aromatic carbocycles. The molecule has 318 valence electrons. The number of anilines is 1. The lowest BCUT2D eigenvalue weighted by atomic mass is 9.77. The first-order valence-electron chi connectivity index (χ1n) is 18.9. The number of aliphatic hydroxyl groups excluding tert-OH is 6. The van der Waals surface area contributed by atoms with Gasteiger partial charge in [-0.2, -0.15) is 0 Å². The first-order valence-corrected chi connectivity index (χ1v) is 18.9. The van der Waals surface area contributed by atoms with E-state index in [1.807, 2.05) is 0 Å². The average Bonchev–Trinajstić information content (AvgIpc) is 3.23. The Morgan fingerprint density at radius 3 is 1.92 bits per heavy atom. The number of hydrogen-bond acceptors (Lipinski definition) is 14. The number of carboxylic acids is 2. The Morgan fingerprint density at radius 1 is 0.700 bits per heavy atom. The van der Waals surface area contributed by atoms with Gasteiger partial charge in [0.05, 0.1) is 18.1 Å². The summed E-state index contributed by atoms with van der Waals surface area (Å²) in [4.78, 5) is 38.8. The van der Waals surface area contributed by atoms with Crippen LogP contribution in [-0.2, 0) is 28.6 Å². The quantitative estimate of drug-likeness (QED) is 0.0866. The number of carboxylic acid groups (broad SMARTS) is 2. The van der Waals surface area contributed by atoms with Crippen molar-refractivity contribution in [1.82, 2.24) is 0 Å². The van der Waals surface area contributed by atoms with Crippen molar-refractivity contribution in [3.63, 3.8) is 0 Å². The van der Waals surface area contributed by atoms with Gasteiger partial charge in [-0.25, -0.2) is 14.0 Å². The molecular weight excluding hydrogens is 793 g/mol. The number of phenolic OH excluding ortho intramolecular Hbond substituents is 1. The van der Waals surface area contributed by atoms with E-state index in [0.29, 0.717) is 27.9 Å². The number of benzene rings is 4. The molecule has 0 bridgehead atoms. The molecule has 0 aliphatic carbocycles. The molecule has 3 saturated heterocycles. The maximum absolute atomic E-state index is 14.0. The minimum atomic E-state index is -1.96. The number of aromatic hydroxyl groups is 1. The highest BCUT2D eigenvalue weighted by atomic mass is 19.1. The van der Waals surface area contributed by atoms with E-state index in [0.717, 1.165) is 12.1 Å². The van der Waals surface area contributed by atoms with Crippen LogP contribution in [0.4, 0.5) is 10.1 Å². The van der Waals surface area contributed by atoms with Crippen molar-refractivity contribution in [2.24, 2.45) is 5.92 Å². The maximum atomic E-state index is 14.0. The number of phenols is 1. The fourth-order valence-corrected chi connectivity index (χ4v) is 7.72. The first-order chi connectivity index (χ1) is 28.6. The number of rotatable bonds is 13. The molecule has 7 rings (SSSR count). The highest BCUT2D eigenvalue weighted by Crippen LogP contribution is 2.49. The molecule has 3 heterocycles. The molecule has 4 aromatic rings. The standard InChI is InChI=1S/C42H42FNO16/c43-22-12-9-19(10-13-22)28(58-42-35(51)31(47)33(49)37(60-42)40(55)56)16-15-26-29(44(38(26)52)23-6-2-1-3-7-23)25-14-11-21(18-27(25)45)20-5-4-8-24(17-20)57-41-34(50)30(46)32(48)36(59-41)39(53)54/h1-14,17-18,26,28-37,41-42,45-51H,15-16H2,(H,53,54)(H,55,56)/t26-,28+,29-,30+,31+,32+,33+,34-,35-,36+,37+,41-,42-/m1/s1. The van der Waals surface area contributed by atoms with Crippen LogP contribution in [0.2, 0.25) is 0 Å². The molecule has 13 atom stereocenters. The molecule has 17 nitrogen and oxygen atoms in total. The van der Waals surface area contributed by atoms with Gasteiger partial charge < -0.3 is 69.8 Å². The topological polar surface area (TPSA) is 273 Å². The third-order valence-corrected chi connectivity index (χ3v) is 10.9. The van der Waals surface area contributed by atoms with E-state index in [1.165, 1.54) is 35.2 Å². The molecule has 0 unspecified atom stereocenters. The highest BCUT2D eigenvalue weighted by Gasteiger charge is 2.51. The van der Waals surface area contributed by atoms with Crippen molar-refractivity contribution in [3.05, 3.63) is 114 Å². The minimum Gasteiger partial charge on any atom is -0.508 e. The molecule has 60 heavy (non-hydrogen) atoms. The lowest BCUT2D eigenvalue weighted by Gasteiger charge is -2.48. The molecule has 0 spiro atoms. The monoisotopic (exact) mass is 835 g/mol. The molecule has 3 fully saturated rings. The predicted molar refractivity (Wildman–Crippen MR) is 202 cm³/mol. The van der Waals surface area contributed by atoms with E-state index >= 15 is 0 Å². The Morgan fingerprint density at radius 2 is 1.30 bits per heavy atom. The zero-order valence-electron chi connectivity index (χ0n) is 31.4. The van der Waals surface area contributed by atoms with Gasteiger partial charge in [-0.05, 0) is 72.0 Å². The second-order valence-corrected chi connectivity index (χ2v) is 14.7. The Labute approximate surface area is 340 Å². The van der Waals surface area contributed by atoms with Crippen LogP contribution in [0.3, 0.4) is 0 Å². The zero-order chi connectivity index (χ0) is 43.0. The summed E-state index contributed by atoms with van der Waals surface area (Å²) in [5, 5.41) is 92.4. The number of amides is 1. The lowest BCUT2D eigenvalue weighted by molar-refractivity contribution is -0.306. The molecule has 3 aliphatic heterocycles. The van der Waals surface area contributed by atoms with Gasteiger partial charge in [-0.3, -0.25) is 4.79 Å². The van der Waals surface area contributed by atoms with Crippen molar-refractivity contribution in [2.75, 3.05) is 4.90 Å². The molecular formula is C42H42FNO16. The molecule has 0 aromatic heterocycles. The number of aliphatic hydroxyl groups is 6. The summed E-state index contributed by atoms with van der Waals surface area (Å²) in [6.07, 6.45) is -19.4. The summed E-state index contributed by atoms with van der Waals surface area (Å²) in [5.74, 6) is -4.90. The highest BCUT2D eigenvalue weighted by molar-refractivity contribution is 6.03. The largest absolute Gasteiger partial charge is 0.508 e. The smallest absolute Gasteiger partial charge is 0.335 e. The van der Waals surface area contributed by atoms with E-state index in [-0.39, 0.29) is 30.2 Å². The number of halogens is 1. The number of para-hydroxylation sites is 1. The second kappa shape index (κ2) is 17.6. The van der Waals surface area contributed by atoms with Gasteiger partial charge in [0.25, 0.3) is 0 Å². The second-order valence-electron chi connectivity index (χ2n) is 14.7. The number of aliphatic carboxylic acids is 2. The summed E-state index contributed by atoms with van der Waals surface area (Å²) in [7, 11) is 0. The summed E-state index contributed by atoms with van der Waals surface area (Å²) < 4.78 is 36.3. The molecule has 0 radical (unpaired) electrons. The molecule has 3 aliphatic rings. The third-order valence-electron chi connectivity index (χ3n) is 10.9. The minimum absolute atomic E-state index is 0.0262. The molecule has 1 amide bonds. The van der Waals surface area contributed by atoms with Crippen LogP contribution in [0.15, 0.2) is 97.1 Å².